The Hall–Kier alpha value is -2.28. The summed E-state index contributed by atoms with van der Waals surface area (Å²) in [5, 5.41) is 9.57. The minimum Gasteiger partial charge on any atom is -0.250 e. The molecule has 20 heavy (non-hydrogen) atoms. The predicted molar refractivity (Wildman–Crippen MR) is 78.2 cm³/mol. The van der Waals surface area contributed by atoms with Crippen molar-refractivity contribution in [1.29, 1.82) is 0 Å². The molecule has 0 radical (unpaired) electrons. The summed E-state index contributed by atoms with van der Waals surface area (Å²) in [4.78, 5) is 8.95. The van der Waals surface area contributed by atoms with Crippen molar-refractivity contribution in [3.63, 3.8) is 0 Å². The highest BCUT2D eigenvalue weighted by Crippen LogP contribution is 2.22. The van der Waals surface area contributed by atoms with E-state index in [9.17, 15) is 0 Å². The van der Waals surface area contributed by atoms with Crippen molar-refractivity contribution >= 4 is 32.6 Å². The molecule has 6 nitrogen and oxygen atoms in total. The third-order valence-electron chi connectivity index (χ3n) is 3.15. The summed E-state index contributed by atoms with van der Waals surface area (Å²) in [6.45, 7) is 0. The molecule has 0 spiro atoms. The first-order valence-corrected chi connectivity index (χ1v) is 6.81. The molecular weight excluding hydrogens is 320 g/mol. The zero-order valence-electron chi connectivity index (χ0n) is 10.5. The predicted octanol–water partition coefficient (Wildman–Crippen LogP) is 2.44. The van der Waals surface area contributed by atoms with Crippen LogP contribution in [0.1, 0.15) is 0 Å². The van der Waals surface area contributed by atoms with Gasteiger partial charge in [0, 0.05) is 17.1 Å². The molecule has 0 unspecified atom stereocenters. The molecule has 0 saturated heterocycles. The summed E-state index contributed by atoms with van der Waals surface area (Å²) in [5.74, 6) is 0.671. The Labute approximate surface area is 122 Å². The molecule has 1 aromatic carbocycles. The number of aromatic nitrogens is 6. The highest BCUT2D eigenvalue weighted by Gasteiger charge is 2.12. The maximum absolute atomic E-state index is 4.60. The van der Waals surface area contributed by atoms with Crippen molar-refractivity contribution in [2.24, 2.45) is 7.05 Å². The fourth-order valence-corrected chi connectivity index (χ4v) is 2.59. The van der Waals surface area contributed by atoms with Crippen molar-refractivity contribution < 1.29 is 0 Å². The van der Waals surface area contributed by atoms with Gasteiger partial charge in [0.1, 0.15) is 6.33 Å². The molecule has 3 heterocycles. The number of benzene rings is 1. The molecule has 4 rings (SSSR count). The van der Waals surface area contributed by atoms with Gasteiger partial charge >= 0.3 is 0 Å². The van der Waals surface area contributed by atoms with E-state index in [-0.39, 0.29) is 0 Å². The number of aryl methyl sites for hydroxylation is 1. The van der Waals surface area contributed by atoms with E-state index >= 15 is 0 Å². The molecule has 0 aliphatic carbocycles. The van der Waals surface area contributed by atoms with Crippen LogP contribution in [0, 0.1) is 0 Å². The van der Waals surface area contributed by atoms with Crippen LogP contribution in [0.15, 0.2) is 41.3 Å². The SMILES string of the molecule is Cn1ncc2c1ncn1nc(-c3cccc(Br)c3)nc21. The summed E-state index contributed by atoms with van der Waals surface area (Å²) in [5.41, 5.74) is 2.52. The maximum Gasteiger partial charge on any atom is 0.182 e. The third kappa shape index (κ3) is 1.63. The molecule has 0 saturated carbocycles. The zero-order valence-corrected chi connectivity index (χ0v) is 12.1. The van der Waals surface area contributed by atoms with E-state index in [0.717, 1.165) is 26.7 Å². The maximum atomic E-state index is 4.60. The number of rotatable bonds is 1. The number of nitrogens with zero attached hydrogens (tertiary/aromatic N) is 6. The highest BCUT2D eigenvalue weighted by atomic mass is 79.9. The Morgan fingerprint density at radius 2 is 2.10 bits per heavy atom. The smallest absolute Gasteiger partial charge is 0.182 e. The molecule has 0 N–H and O–H groups in total. The van der Waals surface area contributed by atoms with Crippen molar-refractivity contribution in [3.05, 3.63) is 41.3 Å². The molecule has 0 fully saturated rings. The topological polar surface area (TPSA) is 60.9 Å². The fraction of sp³-hybridized carbons (Fsp3) is 0.0769. The van der Waals surface area contributed by atoms with Gasteiger partial charge in [-0.05, 0) is 12.1 Å². The van der Waals surface area contributed by atoms with Crippen molar-refractivity contribution in [3.8, 4) is 11.4 Å². The number of hydrogen-bond donors (Lipinski definition) is 0. The summed E-state index contributed by atoms with van der Waals surface area (Å²) in [6.07, 6.45) is 3.42. The Morgan fingerprint density at radius 3 is 2.95 bits per heavy atom. The van der Waals surface area contributed by atoms with Crippen LogP contribution in [-0.2, 0) is 7.05 Å². The minimum atomic E-state index is 0.671. The van der Waals surface area contributed by atoms with Crippen LogP contribution in [-0.4, -0.2) is 29.4 Å². The van der Waals surface area contributed by atoms with Crippen LogP contribution in [0.3, 0.4) is 0 Å². The highest BCUT2D eigenvalue weighted by molar-refractivity contribution is 9.10. The summed E-state index contributed by atoms with van der Waals surface area (Å²) >= 11 is 3.46. The fourth-order valence-electron chi connectivity index (χ4n) is 2.19. The lowest BCUT2D eigenvalue weighted by atomic mass is 10.2. The lowest BCUT2D eigenvalue weighted by molar-refractivity contribution is 0.783. The molecule has 0 atom stereocenters. The van der Waals surface area contributed by atoms with Crippen molar-refractivity contribution in [2.75, 3.05) is 0 Å². The Bertz CT molecular complexity index is 938. The molecule has 4 aromatic rings. The first-order chi connectivity index (χ1) is 9.72. The van der Waals surface area contributed by atoms with E-state index < -0.39 is 0 Å². The van der Waals surface area contributed by atoms with Crippen LogP contribution in [0.25, 0.3) is 28.1 Å². The Balaban J connectivity index is 2.01. The van der Waals surface area contributed by atoms with Crippen LogP contribution >= 0.6 is 15.9 Å². The lowest BCUT2D eigenvalue weighted by Crippen LogP contribution is -1.94. The normalized spacial score (nSPS) is 11.5. The van der Waals surface area contributed by atoms with Gasteiger partial charge in [-0.2, -0.15) is 5.10 Å². The molecule has 3 aromatic heterocycles. The van der Waals surface area contributed by atoms with Gasteiger partial charge in [0.05, 0.1) is 11.6 Å². The van der Waals surface area contributed by atoms with E-state index in [2.05, 4.69) is 36.1 Å². The van der Waals surface area contributed by atoms with Gasteiger partial charge in [-0.3, -0.25) is 4.68 Å². The number of halogens is 1. The number of hydrogen-bond acceptors (Lipinski definition) is 4. The molecule has 0 bridgehead atoms. The van der Waals surface area contributed by atoms with Gasteiger partial charge in [0.2, 0.25) is 0 Å². The van der Waals surface area contributed by atoms with Crippen molar-refractivity contribution in [1.82, 2.24) is 29.4 Å². The Morgan fingerprint density at radius 1 is 1.20 bits per heavy atom. The second-order valence-corrected chi connectivity index (χ2v) is 5.38. The molecule has 0 aliphatic heterocycles. The largest absolute Gasteiger partial charge is 0.250 e. The van der Waals surface area contributed by atoms with Gasteiger partial charge in [-0.1, -0.05) is 28.1 Å². The third-order valence-corrected chi connectivity index (χ3v) is 3.65. The van der Waals surface area contributed by atoms with Crippen LogP contribution in [0.5, 0.6) is 0 Å². The van der Waals surface area contributed by atoms with Crippen LogP contribution in [0.2, 0.25) is 0 Å². The monoisotopic (exact) mass is 328 g/mol. The molecular formula is C13H9BrN6. The Kier molecular flexibility index (Phi) is 2.37. The summed E-state index contributed by atoms with van der Waals surface area (Å²) in [6, 6.07) is 7.90. The van der Waals surface area contributed by atoms with E-state index in [1.165, 1.54) is 0 Å². The second-order valence-electron chi connectivity index (χ2n) is 4.46. The first-order valence-electron chi connectivity index (χ1n) is 6.01. The summed E-state index contributed by atoms with van der Waals surface area (Å²) in [7, 11) is 1.86. The average Bonchev–Trinajstić information content (AvgIpc) is 3.02. The van der Waals surface area contributed by atoms with Gasteiger partial charge in [-0.25, -0.2) is 14.5 Å². The minimum absolute atomic E-state index is 0.671. The van der Waals surface area contributed by atoms with E-state index in [4.69, 9.17) is 0 Å². The standard InChI is InChI=1S/C13H9BrN6/c1-19-12-10(6-16-19)13-17-11(18-20(13)7-15-12)8-3-2-4-9(14)5-8/h2-7H,1H3. The van der Waals surface area contributed by atoms with Gasteiger partial charge < -0.3 is 0 Å². The van der Waals surface area contributed by atoms with Crippen LogP contribution < -0.4 is 0 Å². The zero-order chi connectivity index (χ0) is 13.7. The van der Waals surface area contributed by atoms with Crippen molar-refractivity contribution in [2.45, 2.75) is 0 Å². The molecule has 7 heteroatoms. The van der Waals surface area contributed by atoms with E-state index in [1.807, 2.05) is 31.3 Å². The van der Waals surface area contributed by atoms with Gasteiger partial charge in [-0.15, -0.1) is 5.10 Å². The van der Waals surface area contributed by atoms with E-state index in [0.29, 0.717) is 5.82 Å². The number of fused-ring (bicyclic) bond motifs is 3. The first kappa shape index (κ1) is 11.5. The van der Waals surface area contributed by atoms with Gasteiger partial charge in [0.25, 0.3) is 0 Å². The lowest BCUT2D eigenvalue weighted by Gasteiger charge is -1.94. The quantitative estimate of drug-likeness (QED) is 0.538. The molecule has 98 valence electrons. The van der Waals surface area contributed by atoms with Gasteiger partial charge in [0.15, 0.2) is 17.1 Å². The summed E-state index contributed by atoms with van der Waals surface area (Å²) < 4.78 is 4.40. The molecule has 0 aliphatic rings. The molecule has 0 amide bonds. The van der Waals surface area contributed by atoms with E-state index in [1.54, 1.807) is 21.7 Å². The average molecular weight is 329 g/mol. The second kappa shape index (κ2) is 4.11. The van der Waals surface area contributed by atoms with Crippen LogP contribution in [0.4, 0.5) is 0 Å².